The molecule has 0 N–H and O–H groups in total. The van der Waals surface area contributed by atoms with Crippen LogP contribution in [0.5, 0.6) is 0 Å². The highest BCUT2D eigenvalue weighted by atomic mass is 28.3. The molecule has 132 valence electrons. The third kappa shape index (κ3) is 2.77. The van der Waals surface area contributed by atoms with E-state index in [4.69, 9.17) is 4.42 Å². The summed E-state index contributed by atoms with van der Waals surface area (Å²) >= 11 is 0. The van der Waals surface area contributed by atoms with Crippen molar-refractivity contribution < 1.29 is 4.42 Å². The average molecular weight is 351 g/mol. The van der Waals surface area contributed by atoms with Crippen molar-refractivity contribution in [3.8, 4) is 11.3 Å². The van der Waals surface area contributed by atoms with Crippen molar-refractivity contribution in [2.45, 2.75) is 58.2 Å². The predicted octanol–water partition coefficient (Wildman–Crippen LogP) is 6.99. The summed E-state index contributed by atoms with van der Waals surface area (Å²) in [6.45, 7) is 14.5. The Labute approximate surface area is 153 Å². The van der Waals surface area contributed by atoms with Crippen LogP contribution in [0.15, 0.2) is 59.0 Å². The molecule has 0 radical (unpaired) electrons. The van der Waals surface area contributed by atoms with Gasteiger partial charge in [-0.1, -0.05) is 90.1 Å². The van der Waals surface area contributed by atoms with E-state index in [1.54, 1.807) is 0 Å². The Bertz CT molecular complexity index is 821. The van der Waals surface area contributed by atoms with Gasteiger partial charge in [0.2, 0.25) is 0 Å². The van der Waals surface area contributed by atoms with E-state index in [9.17, 15) is 0 Å². The Morgan fingerprint density at radius 3 is 1.76 bits per heavy atom. The zero-order valence-corrected chi connectivity index (χ0v) is 17.3. The molecule has 3 rings (SSSR count). The number of benzene rings is 2. The molecule has 0 fully saturated rings. The Balaban J connectivity index is 2.44. The van der Waals surface area contributed by atoms with Crippen LogP contribution >= 0.6 is 0 Å². The van der Waals surface area contributed by atoms with Crippen molar-refractivity contribution in [3.05, 3.63) is 54.6 Å². The van der Waals surface area contributed by atoms with E-state index in [2.05, 4.69) is 96.1 Å². The van der Waals surface area contributed by atoms with Crippen molar-refractivity contribution in [2.24, 2.45) is 0 Å². The molecule has 0 amide bonds. The molecule has 0 aliphatic rings. The van der Waals surface area contributed by atoms with Gasteiger partial charge in [-0.15, -0.1) is 0 Å². The summed E-state index contributed by atoms with van der Waals surface area (Å²) < 4.78 is 6.48. The van der Waals surface area contributed by atoms with Gasteiger partial charge in [-0.3, -0.25) is 0 Å². The molecule has 0 aliphatic carbocycles. The van der Waals surface area contributed by atoms with Crippen molar-refractivity contribution in [1.29, 1.82) is 0 Å². The first kappa shape index (κ1) is 18.0. The zero-order chi connectivity index (χ0) is 18.2. The van der Waals surface area contributed by atoms with E-state index < -0.39 is 8.07 Å². The number of para-hydroxylation sites is 1. The highest BCUT2D eigenvalue weighted by Crippen LogP contribution is 2.45. The molecule has 0 saturated carbocycles. The lowest BCUT2D eigenvalue weighted by Crippen LogP contribution is -2.56. The predicted molar refractivity (Wildman–Crippen MR) is 112 cm³/mol. The monoisotopic (exact) mass is 350 g/mol. The van der Waals surface area contributed by atoms with Gasteiger partial charge in [0, 0.05) is 10.9 Å². The van der Waals surface area contributed by atoms with Crippen LogP contribution in [0.1, 0.15) is 41.5 Å². The van der Waals surface area contributed by atoms with E-state index in [0.29, 0.717) is 16.6 Å². The molecule has 1 aromatic heterocycles. The van der Waals surface area contributed by atoms with Crippen LogP contribution in [-0.2, 0) is 0 Å². The van der Waals surface area contributed by atoms with E-state index in [1.165, 1.54) is 16.1 Å². The van der Waals surface area contributed by atoms with Gasteiger partial charge in [-0.2, -0.15) is 0 Å². The molecule has 0 spiro atoms. The van der Waals surface area contributed by atoms with Gasteiger partial charge < -0.3 is 4.42 Å². The largest absolute Gasteiger partial charge is 0.456 e. The van der Waals surface area contributed by atoms with Crippen LogP contribution in [0.4, 0.5) is 0 Å². The molecular formula is C23H30OSi. The third-order valence-electron chi connectivity index (χ3n) is 5.93. The first-order valence-electron chi connectivity index (χ1n) is 9.48. The third-order valence-corrected chi connectivity index (χ3v) is 13.0. The van der Waals surface area contributed by atoms with Crippen LogP contribution in [0.2, 0.25) is 16.6 Å². The van der Waals surface area contributed by atoms with Gasteiger partial charge in [-0.25, -0.2) is 0 Å². The summed E-state index contributed by atoms with van der Waals surface area (Å²) in [6, 6.07) is 19.3. The van der Waals surface area contributed by atoms with Crippen LogP contribution < -0.4 is 5.19 Å². The fourth-order valence-electron chi connectivity index (χ4n) is 5.13. The average Bonchev–Trinajstić information content (AvgIpc) is 2.95. The highest BCUT2D eigenvalue weighted by molar-refractivity contribution is 6.97. The smallest absolute Gasteiger partial charge is 0.134 e. The molecule has 0 saturated heterocycles. The lowest BCUT2D eigenvalue weighted by molar-refractivity contribution is 0.632. The van der Waals surface area contributed by atoms with Crippen LogP contribution in [0.25, 0.3) is 22.3 Å². The Kier molecular flexibility index (Phi) is 4.92. The summed E-state index contributed by atoms with van der Waals surface area (Å²) in [6.07, 6.45) is 0. The lowest BCUT2D eigenvalue weighted by atomic mass is 10.1. The molecule has 0 atom stereocenters. The second kappa shape index (κ2) is 6.84. The molecule has 2 aromatic carbocycles. The maximum atomic E-state index is 6.48. The van der Waals surface area contributed by atoms with Gasteiger partial charge >= 0.3 is 0 Å². The molecule has 1 heterocycles. The molecule has 2 heteroatoms. The summed E-state index contributed by atoms with van der Waals surface area (Å²) in [5, 5.41) is 2.85. The fourth-order valence-corrected chi connectivity index (χ4v) is 12.1. The van der Waals surface area contributed by atoms with Crippen LogP contribution in [0.3, 0.4) is 0 Å². The molecule has 0 bridgehead atoms. The summed E-state index contributed by atoms with van der Waals surface area (Å²) in [7, 11) is -1.84. The summed E-state index contributed by atoms with van der Waals surface area (Å²) in [5.74, 6) is 1.10. The first-order chi connectivity index (χ1) is 11.9. The van der Waals surface area contributed by atoms with Gasteiger partial charge in [-0.05, 0) is 27.9 Å². The number of hydrogen-bond donors (Lipinski definition) is 0. The van der Waals surface area contributed by atoms with E-state index in [1.807, 2.05) is 0 Å². The molecule has 3 aromatic rings. The van der Waals surface area contributed by atoms with Gasteiger partial charge in [0.1, 0.15) is 19.4 Å². The minimum absolute atomic E-state index is 0.649. The molecule has 1 nitrogen and oxygen atoms in total. The Morgan fingerprint density at radius 1 is 0.680 bits per heavy atom. The first-order valence-corrected chi connectivity index (χ1v) is 11.7. The van der Waals surface area contributed by atoms with Crippen LogP contribution in [-0.4, -0.2) is 8.07 Å². The van der Waals surface area contributed by atoms with Crippen LogP contribution in [0, 0.1) is 0 Å². The number of hydrogen-bond acceptors (Lipinski definition) is 1. The topological polar surface area (TPSA) is 13.1 Å². The summed E-state index contributed by atoms with van der Waals surface area (Å²) in [4.78, 5) is 0. The van der Waals surface area contributed by atoms with E-state index in [0.717, 1.165) is 11.3 Å². The maximum Gasteiger partial charge on any atom is 0.134 e. The SMILES string of the molecule is CC(C)[Si](c1c(-c2ccccc2)oc2ccccc12)(C(C)C)C(C)C. The number of rotatable bonds is 5. The van der Waals surface area contributed by atoms with Gasteiger partial charge in [0.25, 0.3) is 0 Å². The maximum absolute atomic E-state index is 6.48. The minimum atomic E-state index is -1.84. The Hall–Kier alpha value is -1.80. The fraction of sp³-hybridized carbons (Fsp3) is 0.391. The van der Waals surface area contributed by atoms with E-state index >= 15 is 0 Å². The Morgan fingerprint density at radius 2 is 1.20 bits per heavy atom. The van der Waals surface area contributed by atoms with Crippen molar-refractivity contribution >= 4 is 24.2 Å². The number of furan rings is 1. The normalized spacial score (nSPS) is 12.7. The summed E-state index contributed by atoms with van der Waals surface area (Å²) in [5.41, 5.74) is 4.17. The molecule has 25 heavy (non-hydrogen) atoms. The quantitative estimate of drug-likeness (QED) is 0.452. The van der Waals surface area contributed by atoms with Crippen molar-refractivity contribution in [1.82, 2.24) is 0 Å². The standard InChI is InChI=1S/C23H30OSi/c1-16(2)25(17(3)4,18(5)6)23-20-14-10-11-15-21(20)24-22(23)19-12-8-7-9-13-19/h7-18H,1-6H3. The zero-order valence-electron chi connectivity index (χ0n) is 16.3. The highest BCUT2D eigenvalue weighted by Gasteiger charge is 2.48. The lowest BCUT2D eigenvalue weighted by Gasteiger charge is -2.43. The van der Waals surface area contributed by atoms with Gasteiger partial charge in [0.05, 0.1) is 0 Å². The molecule has 0 unspecified atom stereocenters. The van der Waals surface area contributed by atoms with E-state index in [-0.39, 0.29) is 0 Å². The number of fused-ring (bicyclic) bond motifs is 1. The minimum Gasteiger partial charge on any atom is -0.456 e. The second-order valence-electron chi connectivity index (χ2n) is 8.07. The molecule has 0 aliphatic heterocycles. The molecular weight excluding hydrogens is 320 g/mol. The van der Waals surface area contributed by atoms with Crippen molar-refractivity contribution in [2.75, 3.05) is 0 Å². The van der Waals surface area contributed by atoms with Gasteiger partial charge in [0.15, 0.2) is 0 Å². The second-order valence-corrected chi connectivity index (χ2v) is 13.9. The van der Waals surface area contributed by atoms with Crippen molar-refractivity contribution in [3.63, 3.8) is 0 Å².